The van der Waals surface area contributed by atoms with Crippen molar-refractivity contribution in [1.82, 2.24) is 10.2 Å². The highest BCUT2D eigenvalue weighted by atomic mass is 35.5. The van der Waals surface area contributed by atoms with Gasteiger partial charge in [-0.3, -0.25) is 10.1 Å². The second kappa shape index (κ2) is 6.02. The average molecular weight is 275 g/mol. The van der Waals surface area contributed by atoms with E-state index in [9.17, 15) is 9.59 Å². The molecule has 1 aromatic rings. The summed E-state index contributed by atoms with van der Waals surface area (Å²) in [5.41, 5.74) is 0. The third kappa shape index (κ3) is 3.71. The Balaban J connectivity index is 2.61. The third-order valence-electron chi connectivity index (χ3n) is 2.45. The number of carbonyl (C=O) groups is 2. The average Bonchev–Trinajstić information content (AvgIpc) is 2.80. The lowest BCUT2D eigenvalue weighted by molar-refractivity contribution is -0.119. The summed E-state index contributed by atoms with van der Waals surface area (Å²) in [6.45, 7) is 3.42. The molecule has 0 saturated heterocycles. The SMILES string of the molecule is CC(Cl)C(=O)NC(=O)N(C)C(C)c1cccs1. The van der Waals surface area contributed by atoms with Gasteiger partial charge in [-0.15, -0.1) is 22.9 Å². The number of rotatable bonds is 3. The van der Waals surface area contributed by atoms with E-state index in [2.05, 4.69) is 5.32 Å². The predicted molar refractivity (Wildman–Crippen MR) is 69.4 cm³/mol. The molecule has 0 saturated carbocycles. The van der Waals surface area contributed by atoms with Gasteiger partial charge in [-0.25, -0.2) is 4.79 Å². The number of hydrogen-bond acceptors (Lipinski definition) is 3. The lowest BCUT2D eigenvalue weighted by Crippen LogP contribution is -2.43. The smallest absolute Gasteiger partial charge is 0.320 e. The van der Waals surface area contributed by atoms with Crippen LogP contribution in [0.1, 0.15) is 24.8 Å². The van der Waals surface area contributed by atoms with Gasteiger partial charge in [-0.1, -0.05) is 6.07 Å². The molecule has 1 aromatic heterocycles. The summed E-state index contributed by atoms with van der Waals surface area (Å²) >= 11 is 7.14. The van der Waals surface area contributed by atoms with Crippen LogP contribution in [0.15, 0.2) is 17.5 Å². The normalized spacial score (nSPS) is 13.9. The van der Waals surface area contributed by atoms with Crippen molar-refractivity contribution in [3.63, 3.8) is 0 Å². The Morgan fingerprint density at radius 2 is 2.12 bits per heavy atom. The fourth-order valence-electron chi connectivity index (χ4n) is 1.19. The second-order valence-corrected chi connectivity index (χ2v) is 5.35. The molecular weight excluding hydrogens is 260 g/mol. The lowest BCUT2D eigenvalue weighted by Gasteiger charge is -2.24. The third-order valence-corrected chi connectivity index (χ3v) is 3.69. The van der Waals surface area contributed by atoms with Crippen molar-refractivity contribution >= 4 is 34.9 Å². The van der Waals surface area contributed by atoms with Crippen molar-refractivity contribution in [2.24, 2.45) is 0 Å². The van der Waals surface area contributed by atoms with E-state index in [1.165, 1.54) is 11.8 Å². The van der Waals surface area contributed by atoms with Crippen LogP contribution in [-0.4, -0.2) is 29.3 Å². The van der Waals surface area contributed by atoms with Crippen molar-refractivity contribution in [3.05, 3.63) is 22.4 Å². The van der Waals surface area contributed by atoms with E-state index in [1.54, 1.807) is 18.4 Å². The molecule has 1 heterocycles. The van der Waals surface area contributed by atoms with Gasteiger partial charge >= 0.3 is 6.03 Å². The van der Waals surface area contributed by atoms with Gasteiger partial charge in [0.2, 0.25) is 5.91 Å². The molecule has 0 aliphatic heterocycles. The van der Waals surface area contributed by atoms with Crippen LogP contribution in [0.2, 0.25) is 0 Å². The molecule has 0 aliphatic carbocycles. The zero-order valence-electron chi connectivity index (χ0n) is 9.94. The molecule has 0 spiro atoms. The van der Waals surface area contributed by atoms with Crippen LogP contribution >= 0.6 is 22.9 Å². The number of urea groups is 1. The van der Waals surface area contributed by atoms with E-state index >= 15 is 0 Å². The molecule has 0 fully saturated rings. The number of nitrogens with one attached hydrogen (secondary N) is 1. The van der Waals surface area contributed by atoms with E-state index in [1.807, 2.05) is 24.4 Å². The largest absolute Gasteiger partial charge is 0.324 e. The Morgan fingerprint density at radius 3 is 2.59 bits per heavy atom. The molecule has 3 amide bonds. The number of alkyl halides is 1. The molecule has 6 heteroatoms. The number of halogens is 1. The standard InChI is InChI=1S/C11H15ClN2O2S/c1-7(12)10(15)13-11(16)14(3)8(2)9-5-4-6-17-9/h4-8H,1-3H3,(H,13,15,16). The fraction of sp³-hybridized carbons (Fsp3) is 0.455. The molecule has 1 rings (SSSR count). The summed E-state index contributed by atoms with van der Waals surface area (Å²) in [7, 11) is 1.64. The first-order valence-corrected chi connectivity index (χ1v) is 6.50. The summed E-state index contributed by atoms with van der Waals surface area (Å²) in [5, 5.41) is 3.47. The van der Waals surface area contributed by atoms with Crippen LogP contribution in [0.25, 0.3) is 0 Å². The van der Waals surface area contributed by atoms with E-state index < -0.39 is 17.3 Å². The molecule has 1 N–H and O–H groups in total. The summed E-state index contributed by atoms with van der Waals surface area (Å²) in [5.74, 6) is -0.484. The van der Waals surface area contributed by atoms with Gasteiger partial charge in [0.1, 0.15) is 5.38 Å². The predicted octanol–water partition coefficient (Wildman–Crippen LogP) is 2.60. The zero-order chi connectivity index (χ0) is 13.0. The number of amides is 3. The van der Waals surface area contributed by atoms with Crippen molar-refractivity contribution in [3.8, 4) is 0 Å². The molecular formula is C11H15ClN2O2S. The summed E-state index contributed by atoms with van der Waals surface area (Å²) in [6.07, 6.45) is 0. The topological polar surface area (TPSA) is 49.4 Å². The van der Waals surface area contributed by atoms with Crippen molar-refractivity contribution in [1.29, 1.82) is 0 Å². The summed E-state index contributed by atoms with van der Waals surface area (Å²) in [4.78, 5) is 25.6. The van der Waals surface area contributed by atoms with Gasteiger partial charge in [-0.2, -0.15) is 0 Å². The molecule has 17 heavy (non-hydrogen) atoms. The van der Waals surface area contributed by atoms with Crippen LogP contribution in [0, 0.1) is 0 Å². The Hall–Kier alpha value is -1.07. The van der Waals surface area contributed by atoms with E-state index in [-0.39, 0.29) is 6.04 Å². The van der Waals surface area contributed by atoms with Gasteiger partial charge in [-0.05, 0) is 25.3 Å². The quantitative estimate of drug-likeness (QED) is 0.862. The van der Waals surface area contributed by atoms with Crippen LogP contribution in [-0.2, 0) is 4.79 Å². The van der Waals surface area contributed by atoms with Crippen LogP contribution in [0.3, 0.4) is 0 Å². The first-order chi connectivity index (χ1) is 7.93. The minimum atomic E-state index is -0.718. The molecule has 94 valence electrons. The number of carbonyl (C=O) groups excluding carboxylic acids is 2. The maximum atomic E-state index is 11.7. The Morgan fingerprint density at radius 1 is 1.47 bits per heavy atom. The monoisotopic (exact) mass is 274 g/mol. The molecule has 0 bridgehead atoms. The highest BCUT2D eigenvalue weighted by molar-refractivity contribution is 7.10. The molecule has 4 nitrogen and oxygen atoms in total. The number of thiophene rings is 1. The van der Waals surface area contributed by atoms with Crippen LogP contribution < -0.4 is 5.32 Å². The minimum Gasteiger partial charge on any atom is -0.320 e. The zero-order valence-corrected chi connectivity index (χ0v) is 11.5. The maximum absolute atomic E-state index is 11.7. The fourth-order valence-corrected chi connectivity index (χ4v) is 2.07. The van der Waals surface area contributed by atoms with Crippen LogP contribution in [0.4, 0.5) is 4.79 Å². The van der Waals surface area contributed by atoms with Crippen molar-refractivity contribution in [2.75, 3.05) is 7.05 Å². The van der Waals surface area contributed by atoms with E-state index in [4.69, 9.17) is 11.6 Å². The lowest BCUT2D eigenvalue weighted by atomic mass is 10.2. The van der Waals surface area contributed by atoms with Gasteiger partial charge in [0.25, 0.3) is 0 Å². The van der Waals surface area contributed by atoms with Crippen molar-refractivity contribution < 1.29 is 9.59 Å². The van der Waals surface area contributed by atoms with E-state index in [0.717, 1.165) is 4.88 Å². The molecule has 0 aromatic carbocycles. The molecule has 2 atom stereocenters. The van der Waals surface area contributed by atoms with Crippen molar-refractivity contribution in [2.45, 2.75) is 25.3 Å². The molecule has 0 aliphatic rings. The Bertz CT molecular complexity index is 392. The van der Waals surface area contributed by atoms with Crippen LogP contribution in [0.5, 0.6) is 0 Å². The number of hydrogen-bond donors (Lipinski definition) is 1. The number of imide groups is 1. The summed E-state index contributed by atoms with van der Waals surface area (Å²) in [6, 6.07) is 3.36. The molecule has 2 unspecified atom stereocenters. The Labute approximate surface area is 110 Å². The highest BCUT2D eigenvalue weighted by Gasteiger charge is 2.21. The summed E-state index contributed by atoms with van der Waals surface area (Å²) < 4.78 is 0. The van der Waals surface area contributed by atoms with E-state index in [0.29, 0.717) is 0 Å². The van der Waals surface area contributed by atoms with Gasteiger partial charge in [0.05, 0.1) is 6.04 Å². The first-order valence-electron chi connectivity index (χ1n) is 5.18. The number of nitrogens with zero attached hydrogens (tertiary/aromatic N) is 1. The maximum Gasteiger partial charge on any atom is 0.324 e. The first kappa shape index (κ1) is 14.0. The van der Waals surface area contributed by atoms with Gasteiger partial charge in [0, 0.05) is 11.9 Å². The van der Waals surface area contributed by atoms with Gasteiger partial charge < -0.3 is 4.90 Å². The minimum absolute atomic E-state index is 0.0755. The van der Waals surface area contributed by atoms with Gasteiger partial charge in [0.15, 0.2) is 0 Å². The molecule has 0 radical (unpaired) electrons. The highest BCUT2D eigenvalue weighted by Crippen LogP contribution is 2.23. The Kier molecular flexibility index (Phi) is 4.96. The second-order valence-electron chi connectivity index (χ2n) is 3.71.